The van der Waals surface area contributed by atoms with Gasteiger partial charge in [0.05, 0.1) is 0 Å². The number of aromatic nitrogens is 1. The van der Waals surface area contributed by atoms with E-state index in [4.69, 9.17) is 19.5 Å². The number of hydrogen-bond donors (Lipinski definition) is 2. The fraction of sp³-hybridized carbons (Fsp3) is 0.175. The number of nitrogens with one attached hydrogen (secondary N) is 2. The molecule has 6 atom stereocenters. The minimum absolute atomic E-state index is 0.0823. The van der Waals surface area contributed by atoms with E-state index in [9.17, 15) is 0 Å². The zero-order valence-electron chi connectivity index (χ0n) is 34.7. The SMILES string of the molecule is C1=CC2c3ccccc3OC2C(C2=CC(c3cccc4c3oc3ccccc34)CC(C3[N-]C(c4ccccc4)N=C(C4=CCCC=C4c4ccc5c(c4)[nH]c4ccccc45)N3)C2)=C1. The molecule has 6 aromatic carbocycles. The molecule has 13 rings (SSSR count). The molecule has 6 nitrogen and oxygen atoms in total. The summed E-state index contributed by atoms with van der Waals surface area (Å²) in [5.41, 5.74) is 13.9. The number of fused-ring (bicyclic) bond motifs is 9. The van der Waals surface area contributed by atoms with E-state index in [0.717, 1.165) is 81.4 Å². The topological polar surface area (TPSA) is 76.7 Å². The van der Waals surface area contributed by atoms with Crippen LogP contribution in [0.1, 0.15) is 65.9 Å². The molecule has 0 fully saturated rings. The fourth-order valence-corrected chi connectivity index (χ4v) is 11.1. The number of hydrogen-bond acceptors (Lipinski definition) is 4. The molecule has 0 saturated heterocycles. The van der Waals surface area contributed by atoms with Crippen molar-refractivity contribution in [3.05, 3.63) is 220 Å². The highest BCUT2D eigenvalue weighted by Gasteiger charge is 2.40. The number of aromatic amines is 1. The molecule has 2 N–H and O–H groups in total. The van der Waals surface area contributed by atoms with Crippen LogP contribution in [0.15, 0.2) is 202 Å². The number of aliphatic imine (C=N–C) groups is 1. The highest BCUT2D eigenvalue weighted by atomic mass is 16.5. The van der Waals surface area contributed by atoms with Crippen molar-refractivity contribution in [2.45, 2.75) is 56.0 Å². The number of allylic oxidation sites excluding steroid dienone is 5. The number of benzene rings is 6. The highest BCUT2D eigenvalue weighted by Crippen LogP contribution is 2.50. The number of rotatable bonds is 6. The third-order valence-electron chi connectivity index (χ3n) is 14.0. The Balaban J connectivity index is 0.901. The molecule has 4 heterocycles. The van der Waals surface area contributed by atoms with E-state index in [-0.39, 0.29) is 36.2 Å². The molecule has 0 bridgehead atoms. The Morgan fingerprint density at radius 1 is 0.683 bits per heavy atom. The molecule has 0 saturated carbocycles. The van der Waals surface area contributed by atoms with E-state index >= 15 is 0 Å². The van der Waals surface area contributed by atoms with Gasteiger partial charge in [-0.2, -0.15) is 0 Å². The summed E-state index contributed by atoms with van der Waals surface area (Å²) in [7, 11) is 0. The molecule has 6 unspecified atom stereocenters. The number of para-hydroxylation sites is 4. The summed E-state index contributed by atoms with van der Waals surface area (Å²) in [5.74, 6) is 2.28. The van der Waals surface area contributed by atoms with Gasteiger partial charge in [-0.25, -0.2) is 0 Å². The molecule has 0 radical (unpaired) electrons. The molecule has 63 heavy (non-hydrogen) atoms. The van der Waals surface area contributed by atoms with Crippen molar-refractivity contribution in [1.82, 2.24) is 10.3 Å². The van der Waals surface area contributed by atoms with E-state index in [1.165, 1.54) is 44.2 Å². The monoisotopic (exact) mass is 817 g/mol. The van der Waals surface area contributed by atoms with Crippen LogP contribution in [0.25, 0.3) is 54.6 Å². The van der Waals surface area contributed by atoms with Crippen molar-refractivity contribution >= 4 is 55.2 Å². The summed E-state index contributed by atoms with van der Waals surface area (Å²) in [4.78, 5) is 9.14. The van der Waals surface area contributed by atoms with Gasteiger partial charge in [0.2, 0.25) is 0 Å². The highest BCUT2D eigenvalue weighted by molar-refractivity contribution is 6.14. The van der Waals surface area contributed by atoms with Gasteiger partial charge >= 0.3 is 0 Å². The number of ether oxygens (including phenoxy) is 1. The third-order valence-corrected chi connectivity index (χ3v) is 14.0. The van der Waals surface area contributed by atoms with E-state index in [1.54, 1.807) is 0 Å². The van der Waals surface area contributed by atoms with Crippen molar-refractivity contribution in [1.29, 1.82) is 0 Å². The van der Waals surface area contributed by atoms with E-state index in [1.807, 2.05) is 0 Å². The van der Waals surface area contributed by atoms with Crippen molar-refractivity contribution in [2.24, 2.45) is 10.9 Å². The largest absolute Gasteiger partial charge is 0.616 e. The summed E-state index contributed by atoms with van der Waals surface area (Å²) in [6.45, 7) is 0. The van der Waals surface area contributed by atoms with E-state index in [0.29, 0.717) is 0 Å². The zero-order chi connectivity index (χ0) is 41.4. The Kier molecular flexibility index (Phi) is 8.54. The lowest BCUT2D eigenvalue weighted by atomic mass is 9.73. The maximum absolute atomic E-state index is 6.82. The van der Waals surface area contributed by atoms with Crippen LogP contribution in [0.2, 0.25) is 0 Å². The lowest BCUT2D eigenvalue weighted by Gasteiger charge is -2.50. The second kappa shape index (κ2) is 14.7. The first-order valence-electron chi connectivity index (χ1n) is 22.5. The summed E-state index contributed by atoms with van der Waals surface area (Å²) >= 11 is 0. The predicted molar refractivity (Wildman–Crippen MR) is 256 cm³/mol. The fourth-order valence-electron chi connectivity index (χ4n) is 11.1. The number of H-pyrrole nitrogens is 1. The second-order valence-corrected chi connectivity index (χ2v) is 17.7. The molecule has 5 aliphatic rings. The molecule has 306 valence electrons. The molecule has 0 spiro atoms. The lowest BCUT2D eigenvalue weighted by molar-refractivity contribution is 0.253. The minimum Gasteiger partial charge on any atom is -0.616 e. The van der Waals surface area contributed by atoms with Gasteiger partial charge < -0.3 is 24.8 Å². The Labute approximate surface area is 366 Å². The average molecular weight is 818 g/mol. The van der Waals surface area contributed by atoms with Gasteiger partial charge in [0.15, 0.2) is 0 Å². The smallest absolute Gasteiger partial charge is 0.139 e. The van der Waals surface area contributed by atoms with Crippen LogP contribution in [-0.2, 0) is 0 Å². The van der Waals surface area contributed by atoms with Crippen LogP contribution in [-0.4, -0.2) is 23.1 Å². The molecule has 2 aliphatic heterocycles. The van der Waals surface area contributed by atoms with Crippen molar-refractivity contribution < 1.29 is 9.15 Å². The van der Waals surface area contributed by atoms with Crippen LogP contribution in [0, 0.1) is 5.92 Å². The molecular formula is C57H45N4O2-. The Hall–Kier alpha value is -7.15. The van der Waals surface area contributed by atoms with Gasteiger partial charge in [-0.05, 0) is 89.9 Å². The van der Waals surface area contributed by atoms with E-state index < -0.39 is 0 Å². The predicted octanol–water partition coefficient (Wildman–Crippen LogP) is 13.9. The van der Waals surface area contributed by atoms with Gasteiger partial charge in [-0.3, -0.25) is 4.99 Å². The quantitative estimate of drug-likeness (QED) is 0.175. The van der Waals surface area contributed by atoms with Gasteiger partial charge in [0.1, 0.15) is 28.9 Å². The maximum atomic E-state index is 6.82. The van der Waals surface area contributed by atoms with Crippen LogP contribution in [0.5, 0.6) is 5.75 Å². The number of furan rings is 1. The first-order valence-corrected chi connectivity index (χ1v) is 22.5. The normalized spacial score (nSPS) is 24.2. The summed E-state index contributed by atoms with van der Waals surface area (Å²) < 4.78 is 13.5. The first kappa shape index (κ1) is 36.5. The average Bonchev–Trinajstić information content (AvgIpc) is 4.05. The van der Waals surface area contributed by atoms with E-state index in [2.05, 4.69) is 186 Å². The zero-order valence-corrected chi connectivity index (χ0v) is 34.7. The molecule has 2 aromatic heterocycles. The van der Waals surface area contributed by atoms with Crippen LogP contribution in [0.4, 0.5) is 0 Å². The van der Waals surface area contributed by atoms with Gasteiger partial charge in [0.25, 0.3) is 0 Å². The first-order chi connectivity index (χ1) is 31.2. The van der Waals surface area contributed by atoms with Crippen LogP contribution < -0.4 is 10.1 Å². The maximum Gasteiger partial charge on any atom is 0.139 e. The molecule has 0 amide bonds. The second-order valence-electron chi connectivity index (χ2n) is 17.7. The van der Waals surface area contributed by atoms with Crippen LogP contribution >= 0.6 is 0 Å². The lowest BCUT2D eigenvalue weighted by Crippen LogP contribution is -2.46. The van der Waals surface area contributed by atoms with Crippen molar-refractivity contribution in [2.75, 3.05) is 0 Å². The van der Waals surface area contributed by atoms with Crippen molar-refractivity contribution in [3.63, 3.8) is 0 Å². The minimum atomic E-state index is -0.354. The standard InChI is InChI=1S/C57H45N4O2/c1-2-14-34(15-3-1)55-59-56(61-57(60-55)48-20-5-4-16-39(48)35-28-29-43-42-17-6-9-25-49(42)58-50(43)33-35)38-31-36(40-21-12-23-46-44-18-7-10-26-51(44)62-53(40)46)30-37(32-38)41-22-13-24-47-45-19-8-11-27-52(45)63-54(41)47/h1-3,6-30,33,36,38,47,54-56,58H,4-5,31-32H2,(H,60,61)/q-1. The molecule has 3 aliphatic carbocycles. The van der Waals surface area contributed by atoms with Gasteiger partial charge in [-0.1, -0.05) is 158 Å². The Bertz CT molecular complexity index is 3320. The Morgan fingerprint density at radius 3 is 2.40 bits per heavy atom. The van der Waals surface area contributed by atoms with Crippen molar-refractivity contribution in [3.8, 4) is 5.75 Å². The van der Waals surface area contributed by atoms with Gasteiger partial charge in [-0.15, -0.1) is 0 Å². The molecule has 6 heteroatoms. The molecular weight excluding hydrogens is 773 g/mol. The van der Waals surface area contributed by atoms with Gasteiger partial charge in [0, 0.05) is 61.1 Å². The Morgan fingerprint density at radius 2 is 1.46 bits per heavy atom. The number of amidine groups is 1. The third kappa shape index (κ3) is 6.15. The summed E-state index contributed by atoms with van der Waals surface area (Å²) in [5, 5.41) is 14.4. The molecule has 8 aromatic rings. The summed E-state index contributed by atoms with van der Waals surface area (Å²) in [6.07, 6.45) is 17.2. The summed E-state index contributed by atoms with van der Waals surface area (Å²) in [6, 6.07) is 49.6. The van der Waals surface area contributed by atoms with Crippen LogP contribution in [0.3, 0.4) is 0 Å². The number of nitrogens with zero attached hydrogens (tertiary/aromatic N) is 2.